The molecular formula is C13H11BrN4O. The summed E-state index contributed by atoms with van der Waals surface area (Å²) in [6.07, 6.45) is 1.60. The van der Waals surface area contributed by atoms with E-state index in [1.54, 1.807) is 6.21 Å². The van der Waals surface area contributed by atoms with E-state index in [0.29, 0.717) is 16.4 Å². The highest BCUT2D eigenvalue weighted by Gasteiger charge is 2.05. The van der Waals surface area contributed by atoms with Gasteiger partial charge in [-0.3, -0.25) is 0 Å². The maximum absolute atomic E-state index is 5.31. The predicted octanol–water partition coefficient (Wildman–Crippen LogP) is 3.37. The highest BCUT2D eigenvalue weighted by Crippen LogP contribution is 2.17. The van der Waals surface area contributed by atoms with E-state index in [1.807, 2.05) is 48.0 Å². The molecule has 0 fully saturated rings. The molecule has 1 N–H and O–H groups in total. The number of nitrogens with zero attached hydrogens (tertiary/aromatic N) is 3. The summed E-state index contributed by atoms with van der Waals surface area (Å²) in [6.45, 7) is 0. The third-order valence-electron chi connectivity index (χ3n) is 2.74. The molecule has 0 atom stereocenters. The van der Waals surface area contributed by atoms with Crippen molar-refractivity contribution in [2.75, 3.05) is 5.43 Å². The number of benzene rings is 1. The van der Waals surface area contributed by atoms with Crippen LogP contribution in [0.15, 0.2) is 50.6 Å². The van der Waals surface area contributed by atoms with Crippen molar-refractivity contribution in [1.82, 2.24) is 9.55 Å². The highest BCUT2D eigenvalue weighted by atomic mass is 79.9. The number of halogens is 1. The van der Waals surface area contributed by atoms with Crippen molar-refractivity contribution >= 4 is 39.1 Å². The van der Waals surface area contributed by atoms with Crippen molar-refractivity contribution in [2.45, 2.75) is 0 Å². The summed E-state index contributed by atoms with van der Waals surface area (Å²) in [5.74, 6) is 1.35. The summed E-state index contributed by atoms with van der Waals surface area (Å²) in [5.41, 5.74) is 4.90. The Kier molecular flexibility index (Phi) is 3.08. The molecule has 0 spiro atoms. The molecule has 0 saturated carbocycles. The van der Waals surface area contributed by atoms with Gasteiger partial charge < -0.3 is 8.98 Å². The van der Waals surface area contributed by atoms with Crippen molar-refractivity contribution in [3.05, 3.63) is 46.8 Å². The molecular weight excluding hydrogens is 308 g/mol. The van der Waals surface area contributed by atoms with Crippen LogP contribution in [0.5, 0.6) is 0 Å². The fourth-order valence-corrected chi connectivity index (χ4v) is 2.12. The number of hydrogen-bond acceptors (Lipinski definition) is 4. The molecule has 96 valence electrons. The second-order valence-electron chi connectivity index (χ2n) is 4.00. The molecule has 6 heteroatoms. The monoisotopic (exact) mass is 318 g/mol. The molecule has 0 aliphatic heterocycles. The zero-order valence-electron chi connectivity index (χ0n) is 10.2. The van der Waals surface area contributed by atoms with Crippen LogP contribution in [0.25, 0.3) is 11.0 Å². The third-order valence-corrected chi connectivity index (χ3v) is 3.16. The predicted molar refractivity (Wildman–Crippen MR) is 78.3 cm³/mol. The van der Waals surface area contributed by atoms with Crippen molar-refractivity contribution < 1.29 is 4.42 Å². The van der Waals surface area contributed by atoms with Gasteiger partial charge >= 0.3 is 0 Å². The third kappa shape index (κ3) is 2.39. The van der Waals surface area contributed by atoms with Crippen LogP contribution in [0.2, 0.25) is 0 Å². The largest absolute Gasteiger partial charge is 0.448 e. The Morgan fingerprint density at radius 1 is 1.32 bits per heavy atom. The number of anilines is 1. The van der Waals surface area contributed by atoms with E-state index in [0.717, 1.165) is 11.0 Å². The fraction of sp³-hybridized carbons (Fsp3) is 0.0769. The zero-order valence-corrected chi connectivity index (χ0v) is 11.8. The number of aryl methyl sites for hydroxylation is 1. The summed E-state index contributed by atoms with van der Waals surface area (Å²) in [7, 11) is 1.94. The zero-order chi connectivity index (χ0) is 13.2. The van der Waals surface area contributed by atoms with E-state index >= 15 is 0 Å². The van der Waals surface area contributed by atoms with E-state index in [9.17, 15) is 0 Å². The SMILES string of the molecule is Cn1c(N/N=C\c2ccc(Br)o2)nc2ccccc21. The van der Waals surface area contributed by atoms with Crippen molar-refractivity contribution in [2.24, 2.45) is 12.1 Å². The molecule has 0 bridgehead atoms. The Balaban J connectivity index is 1.82. The van der Waals surface area contributed by atoms with Crippen molar-refractivity contribution in [3.63, 3.8) is 0 Å². The number of nitrogens with one attached hydrogen (secondary N) is 1. The van der Waals surface area contributed by atoms with Crippen LogP contribution in [0.3, 0.4) is 0 Å². The van der Waals surface area contributed by atoms with Crippen LogP contribution in [-0.4, -0.2) is 15.8 Å². The lowest BCUT2D eigenvalue weighted by molar-refractivity contribution is 0.534. The van der Waals surface area contributed by atoms with E-state index in [2.05, 4.69) is 31.4 Å². The summed E-state index contributed by atoms with van der Waals surface area (Å²) in [6, 6.07) is 11.6. The van der Waals surface area contributed by atoms with Gasteiger partial charge in [-0.05, 0) is 40.2 Å². The van der Waals surface area contributed by atoms with Gasteiger partial charge in [0.15, 0.2) is 4.67 Å². The minimum atomic E-state index is 0.665. The van der Waals surface area contributed by atoms with Gasteiger partial charge in [0.2, 0.25) is 5.95 Å². The average molecular weight is 319 g/mol. The van der Waals surface area contributed by atoms with E-state index in [1.165, 1.54) is 0 Å². The van der Waals surface area contributed by atoms with E-state index in [-0.39, 0.29) is 0 Å². The summed E-state index contributed by atoms with van der Waals surface area (Å²) < 4.78 is 7.94. The first kappa shape index (κ1) is 12.0. The normalized spacial score (nSPS) is 11.5. The Bertz CT molecular complexity index is 744. The quantitative estimate of drug-likeness (QED) is 0.595. The smallest absolute Gasteiger partial charge is 0.224 e. The fourth-order valence-electron chi connectivity index (χ4n) is 1.80. The van der Waals surface area contributed by atoms with Gasteiger partial charge in [-0.1, -0.05) is 12.1 Å². The first-order valence-electron chi connectivity index (χ1n) is 5.70. The van der Waals surface area contributed by atoms with Crippen LogP contribution >= 0.6 is 15.9 Å². The maximum atomic E-state index is 5.31. The Morgan fingerprint density at radius 2 is 2.16 bits per heavy atom. The molecule has 2 aromatic heterocycles. The molecule has 0 aliphatic carbocycles. The van der Waals surface area contributed by atoms with Gasteiger partial charge in [0.05, 0.1) is 17.2 Å². The van der Waals surface area contributed by atoms with Crippen LogP contribution in [0.4, 0.5) is 5.95 Å². The number of furan rings is 1. The van der Waals surface area contributed by atoms with Gasteiger partial charge in [0.25, 0.3) is 0 Å². The molecule has 0 amide bonds. The van der Waals surface area contributed by atoms with Gasteiger partial charge in [-0.25, -0.2) is 10.4 Å². The number of rotatable bonds is 3. The summed E-state index contributed by atoms with van der Waals surface area (Å²) >= 11 is 3.24. The second-order valence-corrected chi connectivity index (χ2v) is 4.78. The van der Waals surface area contributed by atoms with Gasteiger partial charge in [0.1, 0.15) is 5.76 Å². The molecule has 3 rings (SSSR count). The van der Waals surface area contributed by atoms with Crippen LogP contribution in [-0.2, 0) is 7.05 Å². The molecule has 0 radical (unpaired) electrons. The first-order valence-corrected chi connectivity index (χ1v) is 6.49. The highest BCUT2D eigenvalue weighted by molar-refractivity contribution is 9.10. The number of aromatic nitrogens is 2. The first-order chi connectivity index (χ1) is 9.24. The molecule has 0 saturated heterocycles. The minimum absolute atomic E-state index is 0.665. The van der Waals surface area contributed by atoms with Crippen LogP contribution in [0.1, 0.15) is 5.76 Å². The van der Waals surface area contributed by atoms with Crippen LogP contribution < -0.4 is 5.43 Å². The van der Waals surface area contributed by atoms with Crippen molar-refractivity contribution in [1.29, 1.82) is 0 Å². The number of hydrazone groups is 1. The van der Waals surface area contributed by atoms with Gasteiger partial charge in [-0.2, -0.15) is 5.10 Å². The number of hydrogen-bond donors (Lipinski definition) is 1. The van der Waals surface area contributed by atoms with Crippen LogP contribution in [0, 0.1) is 0 Å². The molecule has 0 unspecified atom stereocenters. The molecule has 19 heavy (non-hydrogen) atoms. The maximum Gasteiger partial charge on any atom is 0.224 e. The molecule has 5 nitrogen and oxygen atoms in total. The molecule has 2 heterocycles. The lowest BCUT2D eigenvalue weighted by atomic mass is 10.3. The second kappa shape index (κ2) is 4.89. The minimum Gasteiger partial charge on any atom is -0.448 e. The summed E-state index contributed by atoms with van der Waals surface area (Å²) in [4.78, 5) is 4.45. The number of para-hydroxylation sites is 2. The van der Waals surface area contributed by atoms with Gasteiger partial charge in [-0.15, -0.1) is 0 Å². The lowest BCUT2D eigenvalue weighted by Crippen LogP contribution is -1.98. The molecule has 1 aromatic carbocycles. The van der Waals surface area contributed by atoms with Gasteiger partial charge in [0, 0.05) is 7.05 Å². The number of fused-ring (bicyclic) bond motifs is 1. The standard InChI is InChI=1S/C13H11BrN4O/c1-18-11-5-3-2-4-10(11)16-13(18)17-15-8-9-6-7-12(14)19-9/h2-8H,1H3,(H,16,17)/b15-8-. The summed E-state index contributed by atoms with van der Waals surface area (Å²) in [5, 5.41) is 4.11. The Morgan fingerprint density at radius 3 is 2.89 bits per heavy atom. The Hall–Kier alpha value is -2.08. The molecule has 0 aliphatic rings. The Labute approximate surface area is 118 Å². The number of imidazole rings is 1. The average Bonchev–Trinajstić information content (AvgIpc) is 2.96. The van der Waals surface area contributed by atoms with E-state index in [4.69, 9.17) is 4.42 Å². The molecule has 3 aromatic rings. The topological polar surface area (TPSA) is 55.4 Å². The lowest BCUT2D eigenvalue weighted by Gasteiger charge is -1.99. The van der Waals surface area contributed by atoms with Crippen molar-refractivity contribution in [3.8, 4) is 0 Å². The van der Waals surface area contributed by atoms with E-state index < -0.39 is 0 Å².